The van der Waals surface area contributed by atoms with E-state index in [0.717, 1.165) is 11.1 Å². The van der Waals surface area contributed by atoms with E-state index in [0.29, 0.717) is 34.6 Å². The Bertz CT molecular complexity index is 879. The number of carbonyl (C=O) groups excluding carboxylic acids is 2. The number of nitrogens with one attached hydrogen (secondary N) is 1. The number of methoxy groups -OCH3 is 1. The van der Waals surface area contributed by atoms with E-state index < -0.39 is 6.04 Å². The number of hydrogen-bond acceptors (Lipinski definition) is 4. The first-order chi connectivity index (χ1) is 14.3. The van der Waals surface area contributed by atoms with E-state index in [4.69, 9.17) is 27.9 Å². The number of likely N-dealkylation sites (N-methyl/N-ethyl adjacent to an activating group) is 1. The van der Waals surface area contributed by atoms with Gasteiger partial charge in [-0.2, -0.15) is 0 Å². The van der Waals surface area contributed by atoms with E-state index in [1.165, 1.54) is 11.8 Å². The molecule has 1 atom stereocenters. The maximum absolute atomic E-state index is 13.0. The van der Waals surface area contributed by atoms with Gasteiger partial charge in [0.25, 0.3) is 0 Å². The summed E-state index contributed by atoms with van der Waals surface area (Å²) in [5, 5.41) is 3.94. The second-order valence-corrected chi connectivity index (χ2v) is 8.50. The van der Waals surface area contributed by atoms with Gasteiger partial charge in [-0.05, 0) is 49.2 Å². The Kier molecular flexibility index (Phi) is 9.82. The molecule has 0 fully saturated rings. The highest BCUT2D eigenvalue weighted by Gasteiger charge is 2.25. The molecule has 2 rings (SSSR count). The van der Waals surface area contributed by atoms with Crippen LogP contribution in [0.1, 0.15) is 25.0 Å². The lowest BCUT2D eigenvalue weighted by Gasteiger charge is -2.28. The zero-order valence-corrected chi connectivity index (χ0v) is 19.6. The van der Waals surface area contributed by atoms with Crippen molar-refractivity contribution < 1.29 is 14.3 Å². The van der Waals surface area contributed by atoms with Crippen LogP contribution in [0.2, 0.25) is 10.0 Å². The molecular formula is C22H26Cl2N2O3S. The normalized spacial score (nSPS) is 11.6. The Morgan fingerprint density at radius 2 is 1.97 bits per heavy atom. The molecule has 1 N–H and O–H groups in total. The molecule has 1 unspecified atom stereocenters. The third kappa shape index (κ3) is 7.11. The minimum atomic E-state index is -0.594. The molecule has 0 aromatic heterocycles. The Balaban J connectivity index is 2.09. The van der Waals surface area contributed by atoms with Gasteiger partial charge in [0.2, 0.25) is 11.8 Å². The van der Waals surface area contributed by atoms with Crippen LogP contribution in [0.3, 0.4) is 0 Å². The van der Waals surface area contributed by atoms with Crippen molar-refractivity contribution in [2.24, 2.45) is 0 Å². The molecule has 0 aliphatic rings. The standard InChI is InChI=1S/C22H26Cl2N2O3S/c1-4-25-22(28)15(2)26(12-16-6-5-7-19(10-16)29-3)21(27)14-30-13-17-8-9-18(23)11-20(17)24/h5-11,15H,4,12-14H2,1-3H3,(H,25,28). The first kappa shape index (κ1) is 24.4. The number of rotatable bonds is 10. The highest BCUT2D eigenvalue weighted by Crippen LogP contribution is 2.25. The smallest absolute Gasteiger partial charge is 0.242 e. The van der Waals surface area contributed by atoms with Crippen LogP contribution in [-0.2, 0) is 21.9 Å². The molecule has 162 valence electrons. The zero-order valence-electron chi connectivity index (χ0n) is 17.3. The monoisotopic (exact) mass is 468 g/mol. The third-order valence-electron chi connectivity index (χ3n) is 4.50. The predicted molar refractivity (Wildman–Crippen MR) is 124 cm³/mol. The number of halogens is 2. The van der Waals surface area contributed by atoms with Crippen molar-refractivity contribution in [1.29, 1.82) is 0 Å². The molecule has 0 aliphatic carbocycles. The van der Waals surface area contributed by atoms with E-state index in [-0.39, 0.29) is 17.6 Å². The molecule has 2 aromatic carbocycles. The predicted octanol–water partition coefficient (Wildman–Crippen LogP) is 4.79. The average Bonchev–Trinajstić information content (AvgIpc) is 2.73. The number of carbonyl (C=O) groups is 2. The number of nitrogens with zero attached hydrogens (tertiary/aromatic N) is 1. The van der Waals surface area contributed by atoms with Gasteiger partial charge >= 0.3 is 0 Å². The van der Waals surface area contributed by atoms with Crippen molar-refractivity contribution in [3.05, 3.63) is 63.6 Å². The summed E-state index contributed by atoms with van der Waals surface area (Å²) in [6.07, 6.45) is 0. The largest absolute Gasteiger partial charge is 0.497 e. The Hall–Kier alpha value is -1.89. The highest BCUT2D eigenvalue weighted by molar-refractivity contribution is 7.99. The van der Waals surface area contributed by atoms with Gasteiger partial charge in [-0.1, -0.05) is 41.4 Å². The fourth-order valence-corrected chi connectivity index (χ4v) is 4.31. The summed E-state index contributed by atoms with van der Waals surface area (Å²) in [5.41, 5.74) is 1.81. The number of benzene rings is 2. The lowest BCUT2D eigenvalue weighted by molar-refractivity contribution is -0.138. The van der Waals surface area contributed by atoms with Crippen LogP contribution in [0.5, 0.6) is 5.75 Å². The first-order valence-corrected chi connectivity index (χ1v) is 11.5. The van der Waals surface area contributed by atoms with E-state index in [1.54, 1.807) is 31.1 Å². The number of hydrogen-bond donors (Lipinski definition) is 1. The molecule has 2 amide bonds. The van der Waals surface area contributed by atoms with Crippen LogP contribution in [0.15, 0.2) is 42.5 Å². The van der Waals surface area contributed by atoms with Gasteiger partial charge in [0.15, 0.2) is 0 Å². The van der Waals surface area contributed by atoms with Gasteiger partial charge in [-0.15, -0.1) is 11.8 Å². The molecule has 0 saturated carbocycles. The number of thioether (sulfide) groups is 1. The van der Waals surface area contributed by atoms with Crippen molar-refractivity contribution in [2.45, 2.75) is 32.2 Å². The molecule has 0 spiro atoms. The van der Waals surface area contributed by atoms with E-state index in [9.17, 15) is 9.59 Å². The van der Waals surface area contributed by atoms with E-state index >= 15 is 0 Å². The summed E-state index contributed by atoms with van der Waals surface area (Å²) >= 11 is 13.6. The van der Waals surface area contributed by atoms with Gasteiger partial charge < -0.3 is 15.0 Å². The van der Waals surface area contributed by atoms with Crippen molar-refractivity contribution in [2.75, 3.05) is 19.4 Å². The molecule has 5 nitrogen and oxygen atoms in total. The number of amides is 2. The molecule has 0 saturated heterocycles. The van der Waals surface area contributed by atoms with Gasteiger partial charge in [0.1, 0.15) is 11.8 Å². The maximum atomic E-state index is 13.0. The van der Waals surface area contributed by atoms with Crippen molar-refractivity contribution >= 4 is 46.8 Å². The second-order valence-electron chi connectivity index (χ2n) is 6.67. The summed E-state index contributed by atoms with van der Waals surface area (Å²) < 4.78 is 5.27. The van der Waals surface area contributed by atoms with Gasteiger partial charge in [0.05, 0.1) is 12.9 Å². The van der Waals surface area contributed by atoms with E-state index in [1.807, 2.05) is 37.3 Å². The molecule has 0 heterocycles. The minimum Gasteiger partial charge on any atom is -0.497 e. The van der Waals surface area contributed by atoms with Crippen molar-refractivity contribution in [3.8, 4) is 5.75 Å². The fraction of sp³-hybridized carbons (Fsp3) is 0.364. The summed E-state index contributed by atoms with van der Waals surface area (Å²) in [4.78, 5) is 27.0. The molecule has 8 heteroatoms. The summed E-state index contributed by atoms with van der Waals surface area (Å²) in [6, 6.07) is 12.2. The van der Waals surface area contributed by atoms with Gasteiger partial charge in [-0.3, -0.25) is 9.59 Å². The Morgan fingerprint density at radius 1 is 1.20 bits per heavy atom. The Morgan fingerprint density at radius 3 is 2.63 bits per heavy atom. The number of ether oxygens (including phenoxy) is 1. The minimum absolute atomic E-state index is 0.119. The van der Waals surface area contributed by atoms with Gasteiger partial charge in [-0.25, -0.2) is 0 Å². The first-order valence-electron chi connectivity index (χ1n) is 9.57. The van der Waals surface area contributed by atoms with Crippen LogP contribution in [-0.4, -0.2) is 42.2 Å². The van der Waals surface area contributed by atoms with Gasteiger partial charge in [0, 0.05) is 28.9 Å². The maximum Gasteiger partial charge on any atom is 0.242 e. The van der Waals surface area contributed by atoms with Crippen LogP contribution >= 0.6 is 35.0 Å². The molecule has 0 aliphatic heterocycles. The Labute approximate surface area is 192 Å². The molecule has 2 aromatic rings. The lowest BCUT2D eigenvalue weighted by Crippen LogP contribution is -2.48. The van der Waals surface area contributed by atoms with E-state index in [2.05, 4.69) is 5.32 Å². The third-order valence-corrected chi connectivity index (χ3v) is 6.06. The summed E-state index contributed by atoms with van der Waals surface area (Å²) in [6.45, 7) is 4.42. The SMILES string of the molecule is CCNC(=O)C(C)N(Cc1cccc(OC)c1)C(=O)CSCc1ccc(Cl)cc1Cl. The quantitative estimate of drug-likeness (QED) is 0.544. The molecule has 0 bridgehead atoms. The summed E-state index contributed by atoms with van der Waals surface area (Å²) in [5.74, 6) is 1.21. The molecule has 0 radical (unpaired) electrons. The van der Waals surface area contributed by atoms with Crippen LogP contribution < -0.4 is 10.1 Å². The van der Waals surface area contributed by atoms with Crippen LogP contribution in [0.25, 0.3) is 0 Å². The topological polar surface area (TPSA) is 58.6 Å². The average molecular weight is 469 g/mol. The molecular weight excluding hydrogens is 443 g/mol. The van der Waals surface area contributed by atoms with Crippen LogP contribution in [0, 0.1) is 0 Å². The zero-order chi connectivity index (χ0) is 22.1. The lowest BCUT2D eigenvalue weighted by atomic mass is 10.1. The highest BCUT2D eigenvalue weighted by atomic mass is 35.5. The second kappa shape index (κ2) is 12.1. The molecule has 30 heavy (non-hydrogen) atoms. The van der Waals surface area contributed by atoms with Crippen molar-refractivity contribution in [3.63, 3.8) is 0 Å². The van der Waals surface area contributed by atoms with Crippen molar-refractivity contribution in [1.82, 2.24) is 10.2 Å². The fourth-order valence-electron chi connectivity index (χ4n) is 2.84. The summed E-state index contributed by atoms with van der Waals surface area (Å²) in [7, 11) is 1.60. The van der Waals surface area contributed by atoms with Crippen LogP contribution in [0.4, 0.5) is 0 Å².